The predicted molar refractivity (Wildman–Crippen MR) is 194 cm³/mol. The number of hydrogen-bond donors (Lipinski definition) is 0. The summed E-state index contributed by atoms with van der Waals surface area (Å²) in [6.07, 6.45) is 36.7. The molecule has 13 rings (SSSR count). The molecular weight excluding hydrogens is 585 g/mol. The quantitative estimate of drug-likeness (QED) is 0.203. The molecule has 13 fully saturated rings. The van der Waals surface area contributed by atoms with Crippen molar-refractivity contribution in [2.45, 2.75) is 262 Å². The van der Waals surface area contributed by atoms with Gasteiger partial charge in [-0.2, -0.15) is 0 Å². The van der Waals surface area contributed by atoms with E-state index in [9.17, 15) is 0 Å². The fraction of sp³-hybridized carbons (Fsp3) is 1.00. The minimum atomic E-state index is 0.812. The first-order valence-corrected chi connectivity index (χ1v) is 22.8. The molecule has 48 heavy (non-hydrogen) atoms. The van der Waals surface area contributed by atoms with Crippen molar-refractivity contribution in [1.29, 1.82) is 0 Å². The van der Waals surface area contributed by atoms with E-state index in [4.69, 9.17) is 0 Å². The van der Waals surface area contributed by atoms with Crippen LogP contribution in [0.1, 0.15) is 154 Å². The number of rotatable bonds is 0. The highest BCUT2D eigenvalue weighted by Gasteiger charge is 2.78. The van der Waals surface area contributed by atoms with Crippen molar-refractivity contribution in [1.82, 2.24) is 24.5 Å². The van der Waals surface area contributed by atoms with Gasteiger partial charge in [0, 0.05) is 90.6 Å². The van der Waals surface area contributed by atoms with E-state index < -0.39 is 0 Å². The van der Waals surface area contributed by atoms with Crippen molar-refractivity contribution in [2.75, 3.05) is 0 Å². The molecule has 7 aliphatic carbocycles. The van der Waals surface area contributed by atoms with E-state index in [2.05, 4.69) is 24.5 Å². The van der Waals surface area contributed by atoms with Crippen LogP contribution in [0.4, 0.5) is 0 Å². The molecule has 6 heteroatoms. The molecule has 6 aliphatic heterocycles. The Labute approximate surface area is 292 Å². The van der Waals surface area contributed by atoms with Crippen LogP contribution < -0.4 is 0 Å². The highest BCUT2D eigenvalue weighted by molar-refractivity contribution is 6.65. The lowest BCUT2D eigenvalue weighted by molar-refractivity contribution is -0.287. The van der Waals surface area contributed by atoms with Crippen LogP contribution in [0.15, 0.2) is 0 Å². The van der Waals surface area contributed by atoms with Crippen LogP contribution in [0.5, 0.6) is 0 Å². The minimum absolute atomic E-state index is 0.812. The molecule has 0 spiro atoms. The number of nitrogens with zero attached hydrogens (tertiary/aromatic N) is 5. The summed E-state index contributed by atoms with van der Waals surface area (Å²) in [5.41, 5.74) is 0. The van der Waals surface area contributed by atoms with E-state index in [1.165, 1.54) is 116 Å². The van der Waals surface area contributed by atoms with Crippen molar-refractivity contribution in [3.63, 3.8) is 0 Å². The summed E-state index contributed by atoms with van der Waals surface area (Å²) in [5.74, 6) is 2.99. The van der Waals surface area contributed by atoms with Crippen LogP contribution in [0.2, 0.25) is 17.5 Å². The fourth-order valence-corrected chi connectivity index (χ4v) is 18.9. The monoisotopic (exact) mass is 652 g/mol. The van der Waals surface area contributed by atoms with Crippen LogP contribution in [0.25, 0.3) is 0 Å². The van der Waals surface area contributed by atoms with E-state index in [0.717, 1.165) is 115 Å². The van der Waals surface area contributed by atoms with Gasteiger partial charge in [-0.05, 0) is 81.7 Å². The van der Waals surface area contributed by atoms with Crippen LogP contribution in [-0.4, -0.2) is 122 Å². The van der Waals surface area contributed by atoms with Gasteiger partial charge >= 0.3 is 0 Å². The molecule has 0 aromatic rings. The van der Waals surface area contributed by atoms with E-state index in [-0.39, 0.29) is 0 Å². The van der Waals surface area contributed by atoms with Gasteiger partial charge in [0.1, 0.15) is 0 Å². The Bertz CT molecular complexity index is 962. The Hall–Kier alpha value is -0.135. The molecule has 16 unspecified atom stereocenters. The molecule has 0 radical (unpaired) electrons. The van der Waals surface area contributed by atoms with Crippen molar-refractivity contribution in [3.8, 4) is 0 Å². The molecule has 16 atom stereocenters. The lowest BCUT2D eigenvalue weighted by Gasteiger charge is -2.83. The van der Waals surface area contributed by atoms with Crippen molar-refractivity contribution in [3.05, 3.63) is 0 Å². The minimum Gasteiger partial charge on any atom is -0.292 e. The molecule has 6 saturated heterocycles. The Kier molecular flexibility index (Phi) is 6.56. The normalized spacial score (nSPS) is 58.9. The average molecular weight is 652 g/mol. The van der Waals surface area contributed by atoms with Crippen LogP contribution in [-0.2, 0) is 0 Å². The standard InChI is InChI=1S/C42H66BN5/c1-3-15-27-25(13-1)43-26-14-2-4-16-28(26)45-30-18-6-8-20-32(30)47-34-22-10-12-24-36(34)48-35-23-11-9-21-33(35)46-31-19-7-5-17-29(31)44(27)38-37(43)39(45)41(47)42(48)40(38)46/h25-42H,1-24H2. The first-order chi connectivity index (χ1) is 23.9. The van der Waals surface area contributed by atoms with Gasteiger partial charge in [0.25, 0.3) is 0 Å². The van der Waals surface area contributed by atoms with Gasteiger partial charge in [-0.1, -0.05) is 89.9 Å². The SMILES string of the molecule is C1CCC2C(C1)B1C3CCCCC3N3C4CCCCC4N4C5CCCCC5N5C6CCCCC6N6C7CCCCC7N2C2C1C3C4C5C26. The Balaban J connectivity index is 1.08. The highest BCUT2D eigenvalue weighted by Crippen LogP contribution is 2.68. The van der Waals surface area contributed by atoms with Gasteiger partial charge in [0.15, 0.2) is 6.71 Å². The van der Waals surface area contributed by atoms with E-state index in [0.29, 0.717) is 0 Å². The first-order valence-electron chi connectivity index (χ1n) is 22.8. The van der Waals surface area contributed by atoms with Gasteiger partial charge in [-0.3, -0.25) is 24.5 Å². The second-order valence-electron chi connectivity index (χ2n) is 20.6. The lowest BCUT2D eigenvalue weighted by atomic mass is 9.17. The summed E-state index contributed by atoms with van der Waals surface area (Å²) in [6, 6.07) is 13.0. The van der Waals surface area contributed by atoms with E-state index >= 15 is 0 Å². The van der Waals surface area contributed by atoms with Gasteiger partial charge in [-0.25, -0.2) is 0 Å². The number of hydrogen-bond acceptors (Lipinski definition) is 5. The largest absolute Gasteiger partial charge is 0.292 e. The third kappa shape index (κ3) is 3.52. The topological polar surface area (TPSA) is 16.2 Å². The molecule has 13 aliphatic rings. The summed E-state index contributed by atoms with van der Waals surface area (Å²) < 4.78 is 0. The van der Waals surface area contributed by atoms with Gasteiger partial charge in [0.05, 0.1) is 0 Å². The van der Waals surface area contributed by atoms with Crippen molar-refractivity contribution in [2.24, 2.45) is 0 Å². The molecule has 0 N–H and O–H groups in total. The molecule has 5 nitrogen and oxygen atoms in total. The lowest BCUT2D eigenvalue weighted by Crippen LogP contribution is -2.96. The summed E-state index contributed by atoms with van der Waals surface area (Å²) in [7, 11) is 0. The third-order valence-electron chi connectivity index (χ3n) is 19.5. The molecular formula is C42H66BN5. The van der Waals surface area contributed by atoms with Gasteiger partial charge in [-0.15, -0.1) is 0 Å². The van der Waals surface area contributed by atoms with Gasteiger partial charge < -0.3 is 0 Å². The van der Waals surface area contributed by atoms with Crippen molar-refractivity contribution < 1.29 is 0 Å². The van der Waals surface area contributed by atoms with Crippen molar-refractivity contribution >= 4 is 6.71 Å². The highest BCUT2D eigenvalue weighted by atomic mass is 15.5. The molecule has 262 valence electrons. The zero-order valence-corrected chi connectivity index (χ0v) is 30.2. The smallest absolute Gasteiger partial charge is 0.157 e. The molecule has 0 bridgehead atoms. The summed E-state index contributed by atoms with van der Waals surface area (Å²) in [4.78, 5) is 17.6. The number of piperazine rings is 4. The summed E-state index contributed by atoms with van der Waals surface area (Å²) in [6.45, 7) is 1.04. The average Bonchev–Trinajstić information content (AvgIpc) is 3.16. The first kappa shape index (κ1) is 29.3. The third-order valence-corrected chi connectivity index (χ3v) is 19.5. The molecule has 0 aromatic carbocycles. The predicted octanol–water partition coefficient (Wildman–Crippen LogP) is 7.17. The Morgan fingerprint density at radius 3 is 0.792 bits per heavy atom. The molecule has 0 aromatic heterocycles. The fourth-order valence-electron chi connectivity index (χ4n) is 18.9. The second kappa shape index (κ2) is 10.7. The summed E-state index contributed by atoms with van der Waals surface area (Å²) in [5, 5.41) is 0. The van der Waals surface area contributed by atoms with Gasteiger partial charge in [0.2, 0.25) is 0 Å². The van der Waals surface area contributed by atoms with Crippen LogP contribution in [0.3, 0.4) is 0 Å². The molecule has 6 heterocycles. The second-order valence-corrected chi connectivity index (χ2v) is 20.6. The molecule has 0 amide bonds. The Morgan fingerprint density at radius 1 is 0.250 bits per heavy atom. The zero-order chi connectivity index (χ0) is 30.8. The van der Waals surface area contributed by atoms with Crippen LogP contribution in [0, 0.1) is 0 Å². The van der Waals surface area contributed by atoms with E-state index in [1.54, 1.807) is 38.5 Å². The number of fused-ring (bicyclic) bond motifs is 18. The zero-order valence-electron chi connectivity index (χ0n) is 30.2. The van der Waals surface area contributed by atoms with Crippen LogP contribution >= 0.6 is 0 Å². The summed E-state index contributed by atoms with van der Waals surface area (Å²) >= 11 is 0. The maximum absolute atomic E-state index is 3.53. The maximum Gasteiger partial charge on any atom is 0.157 e. The van der Waals surface area contributed by atoms with E-state index in [1.807, 2.05) is 0 Å². The maximum atomic E-state index is 3.53. The molecule has 7 saturated carbocycles. The Morgan fingerprint density at radius 2 is 0.479 bits per heavy atom.